The van der Waals surface area contributed by atoms with E-state index in [0.29, 0.717) is 19.4 Å². The number of hydrogen-bond donors (Lipinski definition) is 1. The van der Waals surface area contributed by atoms with Crippen molar-refractivity contribution in [3.05, 3.63) is 29.1 Å². The van der Waals surface area contributed by atoms with Crippen LogP contribution in [0.25, 0.3) is 0 Å². The summed E-state index contributed by atoms with van der Waals surface area (Å²) in [5, 5.41) is 1.67. The van der Waals surface area contributed by atoms with Crippen molar-refractivity contribution < 1.29 is 31.5 Å². The zero-order valence-corrected chi connectivity index (χ0v) is 9.40. The largest absolute Gasteiger partial charge is 0.368 e. The highest BCUT2D eigenvalue weighted by Crippen LogP contribution is 2.27. The van der Waals surface area contributed by atoms with Gasteiger partial charge in [-0.25, -0.2) is 22.0 Å². The molecule has 1 aliphatic heterocycles. The van der Waals surface area contributed by atoms with Gasteiger partial charge in [0.05, 0.1) is 0 Å². The average molecular weight is 281 g/mol. The number of rotatable bonds is 2. The van der Waals surface area contributed by atoms with Gasteiger partial charge in [0.25, 0.3) is 5.91 Å². The maximum Gasteiger partial charge on any atom is 0.253 e. The first-order chi connectivity index (χ1) is 8.93. The summed E-state index contributed by atoms with van der Waals surface area (Å²) >= 11 is 0. The lowest BCUT2D eigenvalue weighted by atomic mass is 10.2. The van der Waals surface area contributed by atoms with Crippen LogP contribution in [0.15, 0.2) is 0 Å². The second-order valence-corrected chi connectivity index (χ2v) is 3.94. The number of anilines is 1. The van der Waals surface area contributed by atoms with E-state index in [1.54, 1.807) is 5.32 Å². The van der Waals surface area contributed by atoms with Gasteiger partial charge in [-0.15, -0.1) is 0 Å². The highest BCUT2D eigenvalue weighted by Gasteiger charge is 2.30. The lowest BCUT2D eigenvalue weighted by Gasteiger charge is -2.12. The third kappa shape index (κ3) is 2.40. The number of nitrogens with one attached hydrogen (secondary N) is 1. The molecular formula is C11H8F5NO2. The van der Waals surface area contributed by atoms with Crippen molar-refractivity contribution in [1.29, 1.82) is 0 Å². The minimum Gasteiger partial charge on any atom is -0.368 e. The van der Waals surface area contributed by atoms with Gasteiger partial charge in [-0.05, 0) is 12.8 Å². The van der Waals surface area contributed by atoms with Crippen LogP contribution < -0.4 is 5.32 Å². The molecule has 1 saturated heterocycles. The molecule has 2 rings (SSSR count). The fourth-order valence-corrected chi connectivity index (χ4v) is 1.70. The second-order valence-electron chi connectivity index (χ2n) is 3.94. The molecule has 104 valence electrons. The molecule has 19 heavy (non-hydrogen) atoms. The topological polar surface area (TPSA) is 38.3 Å². The van der Waals surface area contributed by atoms with Crippen molar-refractivity contribution in [2.45, 2.75) is 18.9 Å². The third-order valence-electron chi connectivity index (χ3n) is 2.68. The summed E-state index contributed by atoms with van der Waals surface area (Å²) in [7, 11) is 0. The lowest BCUT2D eigenvalue weighted by molar-refractivity contribution is -0.124. The van der Waals surface area contributed by atoms with Crippen molar-refractivity contribution in [3.8, 4) is 0 Å². The van der Waals surface area contributed by atoms with E-state index in [-0.39, 0.29) is 0 Å². The van der Waals surface area contributed by atoms with Crippen LogP contribution in [-0.2, 0) is 9.53 Å². The number of amides is 1. The Bertz CT molecular complexity index is 499. The fraction of sp³-hybridized carbons (Fsp3) is 0.364. The minimum atomic E-state index is -2.27. The van der Waals surface area contributed by atoms with Crippen molar-refractivity contribution in [1.82, 2.24) is 0 Å². The highest BCUT2D eigenvalue weighted by molar-refractivity contribution is 5.94. The number of carbonyl (C=O) groups is 1. The zero-order valence-electron chi connectivity index (χ0n) is 9.40. The number of halogens is 5. The molecule has 1 aromatic rings. The van der Waals surface area contributed by atoms with Crippen LogP contribution in [0.4, 0.5) is 27.6 Å². The Morgan fingerprint density at radius 3 is 2.00 bits per heavy atom. The van der Waals surface area contributed by atoms with Crippen LogP contribution in [0.3, 0.4) is 0 Å². The van der Waals surface area contributed by atoms with Gasteiger partial charge in [0.15, 0.2) is 23.3 Å². The highest BCUT2D eigenvalue weighted by atomic mass is 19.2. The second kappa shape index (κ2) is 5.12. The average Bonchev–Trinajstić information content (AvgIpc) is 2.93. The minimum absolute atomic E-state index is 0.301. The van der Waals surface area contributed by atoms with E-state index in [9.17, 15) is 26.7 Å². The molecule has 0 bridgehead atoms. The van der Waals surface area contributed by atoms with Crippen molar-refractivity contribution in [3.63, 3.8) is 0 Å². The van der Waals surface area contributed by atoms with Crippen LogP contribution in [0.5, 0.6) is 0 Å². The molecule has 1 aromatic carbocycles. The number of benzene rings is 1. The maximum atomic E-state index is 13.3. The Labute approximate surface area is 104 Å². The molecule has 1 aliphatic rings. The normalized spacial score (nSPS) is 18.7. The predicted octanol–water partition coefficient (Wildman–Crippen LogP) is 2.50. The Morgan fingerprint density at radius 2 is 1.53 bits per heavy atom. The van der Waals surface area contributed by atoms with E-state index in [4.69, 9.17) is 4.74 Å². The quantitative estimate of drug-likeness (QED) is 0.514. The van der Waals surface area contributed by atoms with E-state index in [0.717, 1.165) is 0 Å². The van der Waals surface area contributed by atoms with Crippen molar-refractivity contribution in [2.75, 3.05) is 11.9 Å². The summed E-state index contributed by atoms with van der Waals surface area (Å²) in [5.74, 6) is -11.6. The fourth-order valence-electron chi connectivity index (χ4n) is 1.70. The summed E-state index contributed by atoms with van der Waals surface area (Å²) in [6, 6.07) is 0. The summed E-state index contributed by atoms with van der Waals surface area (Å²) < 4.78 is 70.0. The van der Waals surface area contributed by atoms with Gasteiger partial charge >= 0.3 is 0 Å². The van der Waals surface area contributed by atoms with Gasteiger partial charge in [0.2, 0.25) is 5.82 Å². The number of carbonyl (C=O) groups excluding carboxylic acids is 1. The standard InChI is InChI=1S/C11H8F5NO2/c12-5-6(13)8(15)10(9(16)7(5)14)17-11(18)4-2-1-3-19-4/h4H,1-3H2,(H,17,18)/t4-/m0/s1. The first-order valence-electron chi connectivity index (χ1n) is 5.37. The molecule has 1 fully saturated rings. The Balaban J connectivity index is 2.32. The molecule has 0 saturated carbocycles. The lowest BCUT2D eigenvalue weighted by Crippen LogP contribution is -2.28. The number of hydrogen-bond acceptors (Lipinski definition) is 2. The molecule has 1 amide bonds. The first-order valence-corrected chi connectivity index (χ1v) is 5.37. The Hall–Kier alpha value is -1.70. The molecule has 1 N–H and O–H groups in total. The van der Waals surface area contributed by atoms with Crippen molar-refractivity contribution in [2.24, 2.45) is 0 Å². The van der Waals surface area contributed by atoms with Crippen LogP contribution in [0, 0.1) is 29.1 Å². The molecule has 1 atom stereocenters. The summed E-state index contributed by atoms with van der Waals surface area (Å²) in [5.41, 5.74) is -1.36. The van der Waals surface area contributed by atoms with Crippen LogP contribution >= 0.6 is 0 Å². The molecule has 0 radical (unpaired) electrons. The molecule has 0 aliphatic carbocycles. The smallest absolute Gasteiger partial charge is 0.253 e. The van der Waals surface area contributed by atoms with Crippen LogP contribution in [0.2, 0.25) is 0 Å². The van der Waals surface area contributed by atoms with Crippen LogP contribution in [0.1, 0.15) is 12.8 Å². The Morgan fingerprint density at radius 1 is 1.00 bits per heavy atom. The van der Waals surface area contributed by atoms with Gasteiger partial charge in [-0.1, -0.05) is 0 Å². The third-order valence-corrected chi connectivity index (χ3v) is 2.68. The molecule has 0 aromatic heterocycles. The Kier molecular flexibility index (Phi) is 3.70. The van der Waals surface area contributed by atoms with Gasteiger partial charge in [-0.3, -0.25) is 4.79 Å². The predicted molar refractivity (Wildman–Crippen MR) is 53.8 cm³/mol. The van der Waals surface area contributed by atoms with Gasteiger partial charge in [-0.2, -0.15) is 0 Å². The monoisotopic (exact) mass is 281 g/mol. The van der Waals surface area contributed by atoms with E-state index in [2.05, 4.69) is 0 Å². The zero-order chi connectivity index (χ0) is 14.2. The SMILES string of the molecule is O=C(Nc1c(F)c(F)c(F)c(F)c1F)[C@@H]1CCCO1. The van der Waals surface area contributed by atoms with Crippen molar-refractivity contribution >= 4 is 11.6 Å². The van der Waals surface area contributed by atoms with E-state index in [1.165, 1.54) is 0 Å². The molecule has 3 nitrogen and oxygen atoms in total. The maximum absolute atomic E-state index is 13.3. The first kappa shape index (κ1) is 13.7. The molecule has 0 spiro atoms. The molecule has 8 heteroatoms. The molecular weight excluding hydrogens is 273 g/mol. The van der Waals surface area contributed by atoms with Gasteiger partial charge in [0, 0.05) is 6.61 Å². The van der Waals surface area contributed by atoms with E-state index >= 15 is 0 Å². The number of ether oxygens (including phenoxy) is 1. The summed E-state index contributed by atoms with van der Waals surface area (Å²) in [6.07, 6.45) is -0.0499. The summed E-state index contributed by atoms with van der Waals surface area (Å²) in [4.78, 5) is 11.5. The van der Waals surface area contributed by atoms with Gasteiger partial charge in [0.1, 0.15) is 11.8 Å². The summed E-state index contributed by atoms with van der Waals surface area (Å²) in [6.45, 7) is 0.301. The molecule has 0 unspecified atom stereocenters. The molecule has 1 heterocycles. The van der Waals surface area contributed by atoms with Gasteiger partial charge < -0.3 is 10.1 Å². The van der Waals surface area contributed by atoms with E-state index < -0.39 is 46.8 Å². The van der Waals surface area contributed by atoms with Crippen LogP contribution in [-0.4, -0.2) is 18.6 Å². The van der Waals surface area contributed by atoms with E-state index in [1.807, 2.05) is 0 Å².